The zero-order valence-electron chi connectivity index (χ0n) is 34.1. The number of fused-ring (bicyclic) bond motifs is 6. The van der Waals surface area contributed by atoms with E-state index in [1.54, 1.807) is 0 Å². The van der Waals surface area contributed by atoms with Gasteiger partial charge in [-0.3, -0.25) is 9.24 Å². The Morgan fingerprint density at radius 2 is 0.918 bits per heavy atom. The van der Waals surface area contributed by atoms with Gasteiger partial charge in [0.15, 0.2) is 0 Å². The fourth-order valence-electron chi connectivity index (χ4n) is 9.61. The van der Waals surface area contributed by atoms with Crippen molar-refractivity contribution in [2.75, 3.05) is 9.57 Å². The van der Waals surface area contributed by atoms with Crippen LogP contribution in [0.3, 0.4) is 0 Å². The van der Waals surface area contributed by atoms with E-state index in [9.17, 15) is 0 Å². The molecule has 9 aromatic carbocycles. The third-order valence-electron chi connectivity index (χ3n) is 12.7. The standard InChI is InChI=1S/C57H43N2OP/c1-57(2)53-24-14-12-22-49(53)50-36-35-47(39-54(50)57)58(44-31-26-41(27-32-44)40-16-6-3-7-17-40)45-33-28-42(29-34-45)43-30-37-55-52(38-43)51-23-13-15-25-56(51)61(60,48-20-10-5-11-21-48)59(55)46-18-8-4-9-19-46/h3-39H,1-2H3. The van der Waals surface area contributed by atoms with E-state index in [1.165, 1.54) is 33.4 Å². The molecule has 61 heavy (non-hydrogen) atoms. The fraction of sp³-hybridized carbons (Fsp3) is 0.0526. The molecule has 2 aliphatic rings. The lowest BCUT2D eigenvalue weighted by Gasteiger charge is -2.40. The van der Waals surface area contributed by atoms with Gasteiger partial charge in [0.05, 0.1) is 5.69 Å². The highest BCUT2D eigenvalue weighted by atomic mass is 31.2. The van der Waals surface area contributed by atoms with Crippen molar-refractivity contribution in [3.05, 3.63) is 236 Å². The molecule has 1 atom stereocenters. The van der Waals surface area contributed by atoms with E-state index in [4.69, 9.17) is 0 Å². The van der Waals surface area contributed by atoms with Crippen molar-refractivity contribution in [2.45, 2.75) is 19.3 Å². The average molecular weight is 803 g/mol. The summed E-state index contributed by atoms with van der Waals surface area (Å²) >= 11 is 0. The van der Waals surface area contributed by atoms with Gasteiger partial charge >= 0.3 is 0 Å². The van der Waals surface area contributed by atoms with Crippen molar-refractivity contribution in [1.29, 1.82) is 0 Å². The van der Waals surface area contributed by atoms with Gasteiger partial charge in [-0.15, -0.1) is 0 Å². The zero-order chi connectivity index (χ0) is 41.1. The Balaban J connectivity index is 1.01. The van der Waals surface area contributed by atoms with E-state index in [-0.39, 0.29) is 5.41 Å². The molecule has 292 valence electrons. The number of benzene rings is 9. The van der Waals surface area contributed by atoms with Crippen molar-refractivity contribution in [2.24, 2.45) is 0 Å². The normalized spacial score (nSPS) is 15.6. The van der Waals surface area contributed by atoms with Gasteiger partial charge in [-0.25, -0.2) is 0 Å². The third-order valence-corrected chi connectivity index (χ3v) is 15.7. The Bertz CT molecular complexity index is 3120. The predicted octanol–water partition coefficient (Wildman–Crippen LogP) is 14.8. The van der Waals surface area contributed by atoms with Gasteiger partial charge in [0.25, 0.3) is 0 Å². The Kier molecular flexibility index (Phi) is 8.77. The first-order chi connectivity index (χ1) is 29.9. The summed E-state index contributed by atoms with van der Waals surface area (Å²) in [4.78, 5) is 2.37. The maximum atomic E-state index is 15.8. The van der Waals surface area contributed by atoms with E-state index < -0.39 is 7.29 Å². The number of nitrogens with zero attached hydrogens (tertiary/aromatic N) is 2. The second-order valence-corrected chi connectivity index (χ2v) is 19.1. The molecule has 4 heteroatoms. The number of anilines is 5. The summed E-state index contributed by atoms with van der Waals surface area (Å²) in [7, 11) is -3.31. The minimum Gasteiger partial charge on any atom is -0.310 e. The lowest BCUT2D eigenvalue weighted by Crippen LogP contribution is -2.33. The Labute approximate surface area is 358 Å². The molecule has 1 unspecified atom stereocenters. The van der Waals surface area contributed by atoms with Gasteiger partial charge < -0.3 is 4.90 Å². The van der Waals surface area contributed by atoms with E-state index in [0.717, 1.165) is 61.3 Å². The molecule has 1 aliphatic heterocycles. The van der Waals surface area contributed by atoms with Crippen LogP contribution in [-0.4, -0.2) is 0 Å². The first-order valence-electron chi connectivity index (χ1n) is 21.0. The first kappa shape index (κ1) is 36.9. The molecule has 0 aromatic heterocycles. The topological polar surface area (TPSA) is 23.6 Å². The van der Waals surface area contributed by atoms with Crippen LogP contribution in [-0.2, 0) is 9.98 Å². The molecule has 0 amide bonds. The molecule has 0 spiro atoms. The molecule has 0 fully saturated rings. The smallest absolute Gasteiger partial charge is 0.234 e. The van der Waals surface area contributed by atoms with E-state index in [0.29, 0.717) is 0 Å². The van der Waals surface area contributed by atoms with Crippen LogP contribution in [0.25, 0.3) is 44.5 Å². The molecular formula is C57H43N2OP. The maximum Gasteiger partial charge on any atom is 0.234 e. The molecule has 9 aromatic rings. The van der Waals surface area contributed by atoms with Crippen LogP contribution in [0.4, 0.5) is 28.4 Å². The summed E-state index contributed by atoms with van der Waals surface area (Å²) < 4.78 is 17.9. The molecule has 1 heterocycles. The largest absolute Gasteiger partial charge is 0.310 e. The number of hydrogen-bond donors (Lipinski definition) is 0. The Morgan fingerprint density at radius 3 is 1.61 bits per heavy atom. The summed E-state index contributed by atoms with van der Waals surface area (Å²) in [5, 5.41) is 1.66. The van der Waals surface area contributed by atoms with E-state index in [2.05, 4.69) is 187 Å². The van der Waals surface area contributed by atoms with Crippen molar-refractivity contribution in [3.63, 3.8) is 0 Å². The maximum absolute atomic E-state index is 15.8. The van der Waals surface area contributed by atoms with Crippen LogP contribution in [0.2, 0.25) is 0 Å². The summed E-state index contributed by atoms with van der Waals surface area (Å²) in [6.07, 6.45) is 0. The van der Waals surface area contributed by atoms with Crippen LogP contribution in [0, 0.1) is 0 Å². The lowest BCUT2D eigenvalue weighted by molar-refractivity contribution is 0.587. The fourth-order valence-corrected chi connectivity index (χ4v) is 12.7. The summed E-state index contributed by atoms with van der Waals surface area (Å²) in [6.45, 7) is 4.68. The van der Waals surface area contributed by atoms with Gasteiger partial charge in [-0.2, -0.15) is 0 Å². The lowest BCUT2D eigenvalue weighted by atomic mass is 9.82. The van der Waals surface area contributed by atoms with E-state index >= 15 is 4.57 Å². The monoisotopic (exact) mass is 802 g/mol. The zero-order valence-corrected chi connectivity index (χ0v) is 35.0. The van der Waals surface area contributed by atoms with Crippen LogP contribution in [0.1, 0.15) is 25.0 Å². The van der Waals surface area contributed by atoms with Gasteiger partial charge in [0, 0.05) is 44.3 Å². The number of para-hydroxylation sites is 1. The third kappa shape index (κ3) is 5.99. The Hall–Kier alpha value is -7.19. The predicted molar refractivity (Wildman–Crippen MR) is 257 cm³/mol. The van der Waals surface area contributed by atoms with E-state index in [1.807, 2.05) is 60.7 Å². The molecule has 0 radical (unpaired) electrons. The van der Waals surface area contributed by atoms with Crippen LogP contribution < -0.4 is 20.2 Å². The van der Waals surface area contributed by atoms with Crippen LogP contribution >= 0.6 is 7.29 Å². The second-order valence-electron chi connectivity index (χ2n) is 16.5. The molecule has 0 saturated heterocycles. The minimum atomic E-state index is -3.31. The molecule has 3 nitrogen and oxygen atoms in total. The summed E-state index contributed by atoms with van der Waals surface area (Å²) in [5.41, 5.74) is 17.0. The van der Waals surface area contributed by atoms with Gasteiger partial charge in [-0.1, -0.05) is 159 Å². The van der Waals surface area contributed by atoms with Crippen molar-refractivity contribution >= 4 is 46.3 Å². The Morgan fingerprint density at radius 1 is 0.410 bits per heavy atom. The minimum absolute atomic E-state index is 0.120. The SMILES string of the molecule is CC1(C)c2ccccc2-c2ccc(N(c3ccc(-c4ccccc4)cc3)c3ccc(-c4ccc5c(c4)-c4ccccc4P(=O)(c4ccccc4)N5c4ccccc4)cc3)cc21. The summed E-state index contributed by atoms with van der Waals surface area (Å²) in [6, 6.07) is 79.1. The molecule has 1 aliphatic carbocycles. The summed E-state index contributed by atoms with van der Waals surface area (Å²) in [5.74, 6) is 0. The first-order valence-corrected chi connectivity index (χ1v) is 22.6. The molecular weight excluding hydrogens is 760 g/mol. The number of hydrogen-bond acceptors (Lipinski definition) is 2. The highest BCUT2D eigenvalue weighted by Crippen LogP contribution is 2.61. The van der Waals surface area contributed by atoms with Crippen molar-refractivity contribution < 1.29 is 4.57 Å². The van der Waals surface area contributed by atoms with Gasteiger partial charge in [0.1, 0.15) is 0 Å². The van der Waals surface area contributed by atoms with Gasteiger partial charge in [0.2, 0.25) is 7.29 Å². The second kappa shape index (κ2) is 14.5. The van der Waals surface area contributed by atoms with Crippen LogP contribution in [0.5, 0.6) is 0 Å². The highest BCUT2D eigenvalue weighted by molar-refractivity contribution is 7.80. The quantitative estimate of drug-likeness (QED) is 0.150. The average Bonchev–Trinajstić information content (AvgIpc) is 3.55. The van der Waals surface area contributed by atoms with Crippen LogP contribution in [0.15, 0.2) is 224 Å². The number of rotatable bonds is 7. The molecule has 11 rings (SSSR count). The molecule has 0 saturated carbocycles. The molecule has 0 N–H and O–H groups in total. The van der Waals surface area contributed by atoms with Crippen molar-refractivity contribution in [1.82, 2.24) is 0 Å². The molecule has 0 bridgehead atoms. The van der Waals surface area contributed by atoms with Gasteiger partial charge in [-0.05, 0) is 129 Å². The van der Waals surface area contributed by atoms with Crippen molar-refractivity contribution in [3.8, 4) is 44.5 Å². The highest BCUT2D eigenvalue weighted by Gasteiger charge is 2.43.